The van der Waals surface area contributed by atoms with Gasteiger partial charge in [-0.3, -0.25) is 4.79 Å². The Bertz CT molecular complexity index is 99.7. The molecule has 0 radical (unpaired) electrons. The lowest BCUT2D eigenvalue weighted by molar-refractivity contribution is -0.119. The van der Waals surface area contributed by atoms with Crippen molar-refractivity contribution in [1.29, 1.82) is 0 Å². The summed E-state index contributed by atoms with van der Waals surface area (Å²) in [6, 6.07) is 0. The molecule has 0 fully saturated rings. The van der Waals surface area contributed by atoms with Gasteiger partial charge in [-0.25, -0.2) is 0 Å². The molecule has 0 rings (SSSR count). The number of carbonyl (C=O) groups is 1. The molecule has 0 amide bonds. The molecule has 66 valence electrons. The zero-order chi connectivity index (χ0) is 8.53. The molecule has 0 bridgehead atoms. The molecule has 0 aromatic rings. The predicted octanol–water partition coefficient (Wildman–Crippen LogP) is 2.17. The molecular formula is C9H18O2. The summed E-state index contributed by atoms with van der Waals surface area (Å²) in [6.07, 6.45) is 3.47. The van der Waals surface area contributed by atoms with Gasteiger partial charge in [0.05, 0.1) is 6.61 Å². The molecule has 0 aromatic heterocycles. The van der Waals surface area contributed by atoms with Crippen molar-refractivity contribution < 1.29 is 9.53 Å². The van der Waals surface area contributed by atoms with Gasteiger partial charge in [-0.05, 0) is 6.42 Å². The Labute approximate surface area is 68.9 Å². The highest BCUT2D eigenvalue weighted by Crippen LogP contribution is 1.92. The van der Waals surface area contributed by atoms with Gasteiger partial charge in [0.1, 0.15) is 5.78 Å². The van der Waals surface area contributed by atoms with Crippen molar-refractivity contribution in [3.63, 3.8) is 0 Å². The molecule has 11 heavy (non-hydrogen) atoms. The maximum Gasteiger partial charge on any atom is 0.134 e. The average molecular weight is 158 g/mol. The molecule has 0 saturated carbocycles. The Morgan fingerprint density at radius 2 is 2.00 bits per heavy atom. The van der Waals surface area contributed by atoms with Crippen molar-refractivity contribution in [1.82, 2.24) is 0 Å². The van der Waals surface area contributed by atoms with Crippen molar-refractivity contribution in [2.75, 3.05) is 13.2 Å². The third kappa shape index (κ3) is 7.53. The summed E-state index contributed by atoms with van der Waals surface area (Å²) in [5.41, 5.74) is 0. The van der Waals surface area contributed by atoms with E-state index in [0.29, 0.717) is 25.2 Å². The fraction of sp³-hybridized carbons (Fsp3) is 0.889. The fourth-order valence-electron chi connectivity index (χ4n) is 0.711. The van der Waals surface area contributed by atoms with E-state index in [0.717, 1.165) is 19.4 Å². The highest BCUT2D eigenvalue weighted by Gasteiger charge is 1.96. The largest absolute Gasteiger partial charge is 0.381 e. The van der Waals surface area contributed by atoms with Gasteiger partial charge in [0, 0.05) is 19.4 Å². The van der Waals surface area contributed by atoms with Crippen molar-refractivity contribution in [2.45, 2.75) is 39.5 Å². The Morgan fingerprint density at radius 1 is 1.27 bits per heavy atom. The van der Waals surface area contributed by atoms with Gasteiger partial charge in [0.2, 0.25) is 0 Å². The van der Waals surface area contributed by atoms with E-state index >= 15 is 0 Å². The molecule has 0 heterocycles. The second kappa shape index (κ2) is 7.73. The van der Waals surface area contributed by atoms with E-state index in [4.69, 9.17) is 4.74 Å². The molecular weight excluding hydrogens is 140 g/mol. The molecule has 2 heteroatoms. The number of ketones is 1. The first-order chi connectivity index (χ1) is 5.31. The van der Waals surface area contributed by atoms with Crippen LogP contribution >= 0.6 is 0 Å². The van der Waals surface area contributed by atoms with E-state index in [2.05, 4.69) is 6.92 Å². The van der Waals surface area contributed by atoms with E-state index in [1.54, 1.807) is 0 Å². The average Bonchev–Trinajstić information content (AvgIpc) is 2.04. The monoisotopic (exact) mass is 158 g/mol. The summed E-state index contributed by atoms with van der Waals surface area (Å²) >= 11 is 0. The first kappa shape index (κ1) is 10.6. The second-order valence-corrected chi connectivity index (χ2v) is 2.61. The van der Waals surface area contributed by atoms with Crippen molar-refractivity contribution >= 4 is 5.78 Å². The quantitative estimate of drug-likeness (QED) is 0.531. The lowest BCUT2D eigenvalue weighted by Gasteiger charge is -2.00. The van der Waals surface area contributed by atoms with E-state index in [1.807, 2.05) is 6.92 Å². The minimum absolute atomic E-state index is 0.293. The Morgan fingerprint density at radius 3 is 2.55 bits per heavy atom. The van der Waals surface area contributed by atoms with Gasteiger partial charge in [-0.1, -0.05) is 20.3 Å². The van der Waals surface area contributed by atoms with Gasteiger partial charge < -0.3 is 4.74 Å². The Balaban J connectivity index is 2.95. The lowest BCUT2D eigenvalue weighted by Crippen LogP contribution is -2.03. The van der Waals surface area contributed by atoms with Gasteiger partial charge >= 0.3 is 0 Å². The number of carbonyl (C=O) groups excluding carboxylic acids is 1. The smallest absolute Gasteiger partial charge is 0.134 e. The van der Waals surface area contributed by atoms with Crippen LogP contribution in [0.25, 0.3) is 0 Å². The molecule has 0 N–H and O–H groups in total. The molecule has 0 atom stereocenters. The molecule has 2 nitrogen and oxygen atoms in total. The number of rotatable bonds is 7. The second-order valence-electron chi connectivity index (χ2n) is 2.61. The summed E-state index contributed by atoms with van der Waals surface area (Å²) in [5.74, 6) is 0.293. The first-order valence-corrected chi connectivity index (χ1v) is 4.40. The van der Waals surface area contributed by atoms with Crippen LogP contribution in [-0.4, -0.2) is 19.0 Å². The Kier molecular flexibility index (Phi) is 7.47. The van der Waals surface area contributed by atoms with E-state index < -0.39 is 0 Å². The molecule has 0 aliphatic rings. The van der Waals surface area contributed by atoms with Crippen LogP contribution in [0.3, 0.4) is 0 Å². The van der Waals surface area contributed by atoms with Crippen LogP contribution in [-0.2, 0) is 9.53 Å². The SMILES string of the molecule is CCCCOCCC(=O)CC. The number of Topliss-reactive ketones (excluding diaryl/α,β-unsaturated/α-hetero) is 1. The lowest BCUT2D eigenvalue weighted by atomic mass is 10.2. The van der Waals surface area contributed by atoms with Crippen LogP contribution in [0.2, 0.25) is 0 Å². The van der Waals surface area contributed by atoms with Gasteiger partial charge in [0.15, 0.2) is 0 Å². The molecule has 0 spiro atoms. The van der Waals surface area contributed by atoms with Crippen LogP contribution in [0.5, 0.6) is 0 Å². The summed E-state index contributed by atoms with van der Waals surface area (Å²) < 4.78 is 5.23. The number of hydrogen-bond donors (Lipinski definition) is 0. The van der Waals surface area contributed by atoms with Gasteiger partial charge in [-0.2, -0.15) is 0 Å². The van der Waals surface area contributed by atoms with Crippen molar-refractivity contribution in [2.24, 2.45) is 0 Å². The zero-order valence-electron chi connectivity index (χ0n) is 7.56. The van der Waals surface area contributed by atoms with Crippen molar-refractivity contribution in [3.05, 3.63) is 0 Å². The van der Waals surface area contributed by atoms with Crippen LogP contribution < -0.4 is 0 Å². The number of hydrogen-bond acceptors (Lipinski definition) is 2. The third-order valence-corrected chi connectivity index (χ3v) is 1.56. The summed E-state index contributed by atoms with van der Waals surface area (Å²) in [6.45, 7) is 5.41. The highest BCUT2D eigenvalue weighted by molar-refractivity contribution is 5.78. The molecule has 0 saturated heterocycles. The standard InChI is InChI=1S/C9H18O2/c1-3-5-7-11-8-6-9(10)4-2/h3-8H2,1-2H3. The van der Waals surface area contributed by atoms with Crippen LogP contribution in [0.1, 0.15) is 39.5 Å². The maximum atomic E-state index is 10.8. The summed E-state index contributed by atoms with van der Waals surface area (Å²) in [5, 5.41) is 0. The van der Waals surface area contributed by atoms with E-state index in [9.17, 15) is 4.79 Å². The maximum absolute atomic E-state index is 10.8. The van der Waals surface area contributed by atoms with Crippen molar-refractivity contribution in [3.8, 4) is 0 Å². The van der Waals surface area contributed by atoms with Crippen LogP contribution in [0, 0.1) is 0 Å². The topological polar surface area (TPSA) is 26.3 Å². The predicted molar refractivity (Wildman–Crippen MR) is 45.6 cm³/mol. The molecule has 0 aliphatic carbocycles. The zero-order valence-corrected chi connectivity index (χ0v) is 7.56. The third-order valence-electron chi connectivity index (χ3n) is 1.56. The normalized spacial score (nSPS) is 10.0. The van der Waals surface area contributed by atoms with E-state index in [1.165, 1.54) is 0 Å². The Hall–Kier alpha value is -0.370. The van der Waals surface area contributed by atoms with Crippen LogP contribution in [0.4, 0.5) is 0 Å². The fourth-order valence-corrected chi connectivity index (χ4v) is 0.711. The first-order valence-electron chi connectivity index (χ1n) is 4.40. The van der Waals surface area contributed by atoms with E-state index in [-0.39, 0.29) is 0 Å². The number of unbranched alkanes of at least 4 members (excludes halogenated alkanes) is 1. The van der Waals surface area contributed by atoms with Gasteiger partial charge in [-0.15, -0.1) is 0 Å². The minimum atomic E-state index is 0.293. The number of ether oxygens (including phenoxy) is 1. The van der Waals surface area contributed by atoms with Crippen LogP contribution in [0.15, 0.2) is 0 Å². The summed E-state index contributed by atoms with van der Waals surface area (Å²) in [4.78, 5) is 10.8. The molecule has 0 unspecified atom stereocenters. The highest BCUT2D eigenvalue weighted by atomic mass is 16.5. The summed E-state index contributed by atoms with van der Waals surface area (Å²) in [7, 11) is 0. The molecule has 0 aromatic carbocycles. The van der Waals surface area contributed by atoms with Gasteiger partial charge in [0.25, 0.3) is 0 Å². The molecule has 0 aliphatic heterocycles. The minimum Gasteiger partial charge on any atom is -0.381 e.